The number of para-hydroxylation sites is 1. The van der Waals surface area contributed by atoms with Crippen LogP contribution in [-0.2, 0) is 11.1 Å². The van der Waals surface area contributed by atoms with Crippen molar-refractivity contribution in [2.45, 2.75) is 31.8 Å². The lowest BCUT2D eigenvalue weighted by Crippen LogP contribution is -2.76. The smallest absolute Gasteiger partial charge is 0.397 e. The summed E-state index contributed by atoms with van der Waals surface area (Å²) >= 11 is 0. The lowest BCUT2D eigenvalue weighted by Gasteiger charge is -2.33. The third-order valence-corrected chi connectivity index (χ3v) is 10.6. The van der Waals surface area contributed by atoms with Crippen molar-refractivity contribution in [1.82, 2.24) is 14.2 Å². The van der Waals surface area contributed by atoms with E-state index in [1.165, 1.54) is 27.4 Å². The SMILES string of the molecule is CC(C)(C)c1cc[n+]2c(c1)-n1c3ccccc3c3ccc4c(c31)C21c2c(cccc2-n2cc(-c3ccc(-c5ccccc5)nc3)c[n+]21)O4. The van der Waals surface area contributed by atoms with Gasteiger partial charge in [0.1, 0.15) is 28.3 Å². The summed E-state index contributed by atoms with van der Waals surface area (Å²) in [5.74, 6) is 2.90. The maximum absolute atomic E-state index is 6.83. The van der Waals surface area contributed by atoms with Gasteiger partial charge in [-0.25, -0.2) is 0 Å². The minimum absolute atomic E-state index is 0.0225. The minimum Gasteiger partial charge on any atom is -0.456 e. The first-order chi connectivity index (χ1) is 23.4. The molecule has 228 valence electrons. The number of nitrogens with zero attached hydrogens (tertiary/aromatic N) is 5. The van der Waals surface area contributed by atoms with Gasteiger partial charge in [-0.3, -0.25) is 4.98 Å². The van der Waals surface area contributed by atoms with Crippen LogP contribution in [-0.4, -0.2) is 14.2 Å². The predicted molar refractivity (Wildman–Crippen MR) is 186 cm³/mol. The van der Waals surface area contributed by atoms with Gasteiger partial charge in [-0.1, -0.05) is 80.1 Å². The van der Waals surface area contributed by atoms with E-state index >= 15 is 0 Å². The van der Waals surface area contributed by atoms with Gasteiger partial charge in [-0.05, 0) is 59.5 Å². The molecule has 0 radical (unpaired) electrons. The molecule has 48 heavy (non-hydrogen) atoms. The minimum atomic E-state index is -0.717. The summed E-state index contributed by atoms with van der Waals surface area (Å²) in [6.07, 6.45) is 8.83. The van der Waals surface area contributed by atoms with Gasteiger partial charge in [0.2, 0.25) is 6.20 Å². The highest BCUT2D eigenvalue weighted by Gasteiger charge is 2.68. The number of rotatable bonds is 2. The van der Waals surface area contributed by atoms with Gasteiger partial charge >= 0.3 is 5.66 Å². The van der Waals surface area contributed by atoms with Crippen LogP contribution < -0.4 is 14.0 Å². The van der Waals surface area contributed by atoms with Crippen molar-refractivity contribution >= 4 is 21.8 Å². The molecule has 4 aromatic carbocycles. The molecule has 0 amide bonds. The molecule has 0 N–H and O–H groups in total. The number of benzene rings is 4. The molecule has 1 unspecified atom stereocenters. The first-order valence-corrected chi connectivity index (χ1v) is 16.5. The molecule has 6 nitrogen and oxygen atoms in total. The highest BCUT2D eigenvalue weighted by atomic mass is 16.5. The van der Waals surface area contributed by atoms with E-state index in [0.717, 1.165) is 56.5 Å². The van der Waals surface area contributed by atoms with Crippen LogP contribution >= 0.6 is 0 Å². The van der Waals surface area contributed by atoms with Crippen molar-refractivity contribution in [3.05, 3.63) is 151 Å². The Kier molecular flexibility index (Phi) is 4.71. The van der Waals surface area contributed by atoms with Crippen LogP contribution in [0.4, 0.5) is 0 Å². The van der Waals surface area contributed by atoms with Crippen molar-refractivity contribution in [3.8, 4) is 45.4 Å². The second-order valence-corrected chi connectivity index (χ2v) is 14.2. The number of hydrogen-bond donors (Lipinski definition) is 0. The largest absolute Gasteiger partial charge is 0.456 e. The third kappa shape index (κ3) is 3.06. The summed E-state index contributed by atoms with van der Waals surface area (Å²) in [5, 5.41) is 2.47. The summed E-state index contributed by atoms with van der Waals surface area (Å²) in [4.78, 5) is 4.89. The second-order valence-electron chi connectivity index (χ2n) is 14.2. The summed E-state index contributed by atoms with van der Waals surface area (Å²) in [5.41, 5.74) is 10.6. The summed E-state index contributed by atoms with van der Waals surface area (Å²) < 4.78 is 16.5. The molecule has 1 atom stereocenters. The Bertz CT molecular complexity index is 2680. The van der Waals surface area contributed by atoms with Gasteiger partial charge in [0, 0.05) is 34.2 Å². The Hall–Kier alpha value is -6.01. The lowest BCUT2D eigenvalue weighted by atomic mass is 9.83. The molecule has 8 aromatic rings. The molecule has 7 heterocycles. The Morgan fingerprint density at radius 3 is 2.40 bits per heavy atom. The van der Waals surface area contributed by atoms with Crippen LogP contribution in [0.2, 0.25) is 0 Å². The Morgan fingerprint density at radius 1 is 0.729 bits per heavy atom. The van der Waals surface area contributed by atoms with E-state index in [0.29, 0.717) is 0 Å². The van der Waals surface area contributed by atoms with Crippen molar-refractivity contribution in [2.75, 3.05) is 0 Å². The average Bonchev–Trinajstić information content (AvgIpc) is 3.78. The predicted octanol–water partition coefficient (Wildman–Crippen LogP) is 8.21. The molecule has 3 aliphatic heterocycles. The molecule has 0 saturated carbocycles. The van der Waals surface area contributed by atoms with Crippen molar-refractivity contribution < 1.29 is 14.0 Å². The van der Waals surface area contributed by atoms with E-state index in [9.17, 15) is 0 Å². The maximum atomic E-state index is 6.83. The topological polar surface area (TPSA) is 39.7 Å². The second kappa shape index (κ2) is 8.66. The van der Waals surface area contributed by atoms with E-state index < -0.39 is 5.66 Å². The van der Waals surface area contributed by atoms with Crippen molar-refractivity contribution in [3.63, 3.8) is 0 Å². The summed E-state index contributed by atoms with van der Waals surface area (Å²) in [7, 11) is 0. The summed E-state index contributed by atoms with van der Waals surface area (Å²) in [6, 6.07) is 38.9. The third-order valence-electron chi connectivity index (χ3n) is 10.6. The normalized spacial score (nSPS) is 16.5. The van der Waals surface area contributed by atoms with Crippen LogP contribution in [0.25, 0.3) is 55.7 Å². The maximum Gasteiger partial charge on any atom is 0.397 e. The van der Waals surface area contributed by atoms with E-state index in [1.807, 2.05) is 12.3 Å². The molecule has 4 aromatic heterocycles. The number of aromatic nitrogens is 5. The molecule has 6 heteroatoms. The first kappa shape index (κ1) is 26.1. The van der Waals surface area contributed by atoms with Gasteiger partial charge in [-0.15, -0.1) is 4.68 Å². The van der Waals surface area contributed by atoms with E-state index in [1.54, 1.807) is 0 Å². The number of fused-ring (bicyclic) bond motifs is 7. The Balaban J connectivity index is 1.25. The standard InChI is InChI=1S/C42H31N5O/c1-41(2,3)29-20-21-44-37(22-29)47-33-13-8-7-12-30(33)31-17-19-36-39(40(31)47)42(44)38-34(14-9-15-35(38)48-36)45-24-28(25-46(42)45)27-16-18-32(43-23-27)26-10-5-4-6-11-26/h4-25H,1-3H3/q+2. The number of pyridine rings is 2. The van der Waals surface area contributed by atoms with Gasteiger partial charge in [0.25, 0.3) is 5.82 Å². The fourth-order valence-electron chi connectivity index (χ4n) is 8.42. The van der Waals surface area contributed by atoms with Crippen molar-refractivity contribution in [2.24, 2.45) is 0 Å². The molecule has 1 spiro atoms. The summed E-state index contributed by atoms with van der Waals surface area (Å²) in [6.45, 7) is 6.86. The van der Waals surface area contributed by atoms with Gasteiger partial charge in [0.15, 0.2) is 11.1 Å². The van der Waals surface area contributed by atoms with Crippen LogP contribution in [0.3, 0.4) is 0 Å². The molecule has 11 rings (SSSR count). The van der Waals surface area contributed by atoms with E-state index in [4.69, 9.17) is 9.72 Å². The van der Waals surface area contributed by atoms with E-state index in [2.05, 4.69) is 161 Å². The van der Waals surface area contributed by atoms with Crippen LogP contribution in [0, 0.1) is 0 Å². The zero-order chi connectivity index (χ0) is 31.9. The van der Waals surface area contributed by atoms with E-state index in [-0.39, 0.29) is 5.41 Å². The molecule has 0 saturated heterocycles. The van der Waals surface area contributed by atoms with Crippen LogP contribution in [0.5, 0.6) is 11.5 Å². The highest BCUT2D eigenvalue weighted by molar-refractivity contribution is 6.11. The zero-order valence-corrected chi connectivity index (χ0v) is 26.8. The van der Waals surface area contributed by atoms with Crippen LogP contribution in [0.1, 0.15) is 37.5 Å². The zero-order valence-electron chi connectivity index (χ0n) is 26.8. The molecular formula is C42H31N5O+2. The quantitative estimate of drug-likeness (QED) is 0.183. The molecule has 0 bridgehead atoms. The van der Waals surface area contributed by atoms with Gasteiger partial charge in [0.05, 0.1) is 23.7 Å². The van der Waals surface area contributed by atoms with Gasteiger partial charge < -0.3 is 4.74 Å². The van der Waals surface area contributed by atoms with Gasteiger partial charge in [-0.2, -0.15) is 9.13 Å². The molecule has 0 aliphatic carbocycles. The van der Waals surface area contributed by atoms with Crippen LogP contribution in [0.15, 0.2) is 134 Å². The lowest BCUT2D eigenvalue weighted by molar-refractivity contribution is -0.993. The number of ether oxygens (including phenoxy) is 1. The first-order valence-electron chi connectivity index (χ1n) is 16.5. The Morgan fingerprint density at radius 2 is 1.56 bits per heavy atom. The fraction of sp³-hybridized carbons (Fsp3) is 0.119. The fourth-order valence-corrected chi connectivity index (χ4v) is 8.42. The number of hydrogen-bond acceptors (Lipinski definition) is 2. The van der Waals surface area contributed by atoms with Crippen molar-refractivity contribution in [1.29, 1.82) is 0 Å². The monoisotopic (exact) mass is 621 g/mol. The molecule has 3 aliphatic rings. The Labute approximate surface area is 277 Å². The highest BCUT2D eigenvalue weighted by Crippen LogP contribution is 2.55. The average molecular weight is 622 g/mol. The molecule has 0 fully saturated rings. The molecular weight excluding hydrogens is 590 g/mol.